The van der Waals surface area contributed by atoms with Crippen LogP contribution in [0.4, 0.5) is 5.82 Å². The van der Waals surface area contributed by atoms with Crippen molar-refractivity contribution in [2.45, 2.75) is 6.42 Å². The minimum atomic E-state index is 0.411. The zero-order valence-corrected chi connectivity index (χ0v) is 5.41. The van der Waals surface area contributed by atoms with Gasteiger partial charge in [0.2, 0.25) is 0 Å². The smallest absolute Gasteiger partial charge is 0.146 e. The van der Waals surface area contributed by atoms with Gasteiger partial charge in [-0.05, 0) is 12.1 Å². The van der Waals surface area contributed by atoms with Gasteiger partial charge in [0, 0.05) is 12.6 Å². The Hall–Kier alpha value is -1.45. The molecule has 4 nitrogen and oxygen atoms in total. The van der Waals surface area contributed by atoms with Crippen LogP contribution in [0, 0.1) is 5.41 Å². The fourth-order valence-corrected chi connectivity index (χ4v) is 0.584. The number of rotatable bonds is 2. The normalized spacial score (nSPS) is 9.20. The van der Waals surface area contributed by atoms with Crippen LogP contribution in [0.15, 0.2) is 12.1 Å². The van der Waals surface area contributed by atoms with Crippen LogP contribution in [0.25, 0.3) is 0 Å². The lowest BCUT2D eigenvalue weighted by atomic mass is 10.3. The SMILES string of the molecule is N=CCc1ccc(N)nn1. The fraction of sp³-hybridized carbons (Fsp3) is 0.167. The number of nitrogen functional groups attached to an aromatic ring is 1. The summed E-state index contributed by atoms with van der Waals surface area (Å²) in [5.74, 6) is 0.411. The fourth-order valence-electron chi connectivity index (χ4n) is 0.584. The van der Waals surface area contributed by atoms with E-state index < -0.39 is 0 Å². The minimum absolute atomic E-state index is 0.411. The van der Waals surface area contributed by atoms with E-state index in [9.17, 15) is 0 Å². The predicted molar refractivity (Wildman–Crippen MR) is 38.9 cm³/mol. The maximum atomic E-state index is 6.77. The van der Waals surface area contributed by atoms with E-state index in [1.807, 2.05) is 0 Å². The third-order valence-electron chi connectivity index (χ3n) is 1.05. The highest BCUT2D eigenvalue weighted by molar-refractivity contribution is 5.56. The maximum Gasteiger partial charge on any atom is 0.146 e. The van der Waals surface area contributed by atoms with Crippen LogP contribution in [0.1, 0.15) is 5.69 Å². The van der Waals surface area contributed by atoms with Crippen molar-refractivity contribution in [3.63, 3.8) is 0 Å². The van der Waals surface area contributed by atoms with Gasteiger partial charge in [0.05, 0.1) is 5.69 Å². The Morgan fingerprint density at radius 2 is 2.30 bits per heavy atom. The molecule has 0 aliphatic carbocycles. The first-order valence-electron chi connectivity index (χ1n) is 2.90. The van der Waals surface area contributed by atoms with E-state index in [2.05, 4.69) is 10.2 Å². The van der Waals surface area contributed by atoms with Crippen molar-refractivity contribution in [2.75, 3.05) is 5.73 Å². The molecule has 0 fully saturated rings. The molecule has 0 aliphatic heterocycles. The van der Waals surface area contributed by atoms with Gasteiger partial charge >= 0.3 is 0 Å². The molecule has 1 aromatic heterocycles. The van der Waals surface area contributed by atoms with Crippen molar-refractivity contribution in [1.82, 2.24) is 10.2 Å². The molecule has 0 spiro atoms. The molecule has 0 aromatic carbocycles. The zero-order valence-electron chi connectivity index (χ0n) is 5.41. The van der Waals surface area contributed by atoms with Crippen LogP contribution < -0.4 is 5.73 Å². The van der Waals surface area contributed by atoms with Crippen molar-refractivity contribution >= 4 is 12.0 Å². The van der Waals surface area contributed by atoms with Gasteiger partial charge in [-0.1, -0.05) is 0 Å². The summed E-state index contributed by atoms with van der Waals surface area (Å²) in [6.45, 7) is 0. The Morgan fingerprint density at radius 3 is 2.80 bits per heavy atom. The Bertz CT molecular complexity index is 216. The molecule has 0 atom stereocenters. The molecule has 0 radical (unpaired) electrons. The lowest BCUT2D eigenvalue weighted by Crippen LogP contribution is -1.96. The second-order valence-corrected chi connectivity index (χ2v) is 1.86. The number of nitrogens with one attached hydrogen (secondary N) is 1. The first-order chi connectivity index (χ1) is 4.83. The molecule has 0 bridgehead atoms. The molecule has 1 heterocycles. The number of anilines is 1. The van der Waals surface area contributed by atoms with Gasteiger partial charge < -0.3 is 11.1 Å². The average Bonchev–Trinajstić information content (AvgIpc) is 1.95. The molecular formula is C6H8N4. The van der Waals surface area contributed by atoms with Crippen LogP contribution in [0.3, 0.4) is 0 Å². The molecule has 1 rings (SSSR count). The van der Waals surface area contributed by atoms with Gasteiger partial charge in [-0.3, -0.25) is 0 Å². The average molecular weight is 136 g/mol. The van der Waals surface area contributed by atoms with Gasteiger partial charge in [-0.15, -0.1) is 5.10 Å². The van der Waals surface area contributed by atoms with Crippen LogP contribution >= 0.6 is 0 Å². The summed E-state index contributed by atoms with van der Waals surface area (Å²) in [6, 6.07) is 3.43. The highest BCUT2D eigenvalue weighted by Gasteiger charge is 1.90. The van der Waals surface area contributed by atoms with Gasteiger partial charge in [-0.2, -0.15) is 5.10 Å². The monoisotopic (exact) mass is 136 g/mol. The van der Waals surface area contributed by atoms with Crippen LogP contribution in [0.2, 0.25) is 0 Å². The standard InChI is InChI=1S/C6H8N4/c7-4-3-5-1-2-6(8)10-9-5/h1-2,4,7H,3H2,(H2,8,10). The molecule has 0 amide bonds. The molecule has 0 unspecified atom stereocenters. The van der Waals surface area contributed by atoms with Gasteiger partial charge in [0.1, 0.15) is 5.82 Å². The van der Waals surface area contributed by atoms with Crippen LogP contribution in [-0.2, 0) is 6.42 Å². The summed E-state index contributed by atoms with van der Waals surface area (Å²) >= 11 is 0. The number of nitrogens with two attached hydrogens (primary N) is 1. The predicted octanol–water partition coefficient (Wildman–Crippen LogP) is 0.251. The molecular weight excluding hydrogens is 128 g/mol. The molecule has 10 heavy (non-hydrogen) atoms. The summed E-state index contributed by atoms with van der Waals surface area (Å²) in [5.41, 5.74) is 6.06. The topological polar surface area (TPSA) is 75.7 Å². The van der Waals surface area contributed by atoms with Gasteiger partial charge in [-0.25, -0.2) is 0 Å². The van der Waals surface area contributed by atoms with Crippen molar-refractivity contribution in [2.24, 2.45) is 0 Å². The number of nitrogens with zero attached hydrogens (tertiary/aromatic N) is 2. The van der Waals surface area contributed by atoms with E-state index in [-0.39, 0.29) is 0 Å². The second kappa shape index (κ2) is 2.91. The van der Waals surface area contributed by atoms with Crippen molar-refractivity contribution in [3.8, 4) is 0 Å². The highest BCUT2D eigenvalue weighted by Crippen LogP contribution is 1.95. The summed E-state index contributed by atoms with van der Waals surface area (Å²) in [7, 11) is 0. The highest BCUT2D eigenvalue weighted by atomic mass is 15.1. The summed E-state index contributed by atoms with van der Waals surface area (Å²) < 4.78 is 0. The quantitative estimate of drug-likeness (QED) is 0.572. The maximum absolute atomic E-state index is 6.77. The van der Waals surface area contributed by atoms with E-state index in [4.69, 9.17) is 11.1 Å². The minimum Gasteiger partial charge on any atom is -0.382 e. The molecule has 0 saturated carbocycles. The first-order valence-corrected chi connectivity index (χ1v) is 2.90. The van der Waals surface area contributed by atoms with E-state index >= 15 is 0 Å². The molecule has 4 heteroatoms. The molecule has 0 aliphatic rings. The van der Waals surface area contributed by atoms with Crippen molar-refractivity contribution in [1.29, 1.82) is 5.41 Å². The number of aromatic nitrogens is 2. The summed E-state index contributed by atoms with van der Waals surface area (Å²) in [6.07, 6.45) is 1.80. The van der Waals surface area contributed by atoms with E-state index in [0.29, 0.717) is 12.2 Å². The number of hydrogen-bond acceptors (Lipinski definition) is 4. The lowest BCUT2D eigenvalue weighted by molar-refractivity contribution is 0.971. The molecule has 1 aromatic rings. The summed E-state index contributed by atoms with van der Waals surface area (Å²) in [5, 5.41) is 14.1. The lowest BCUT2D eigenvalue weighted by Gasteiger charge is -1.92. The van der Waals surface area contributed by atoms with Crippen LogP contribution in [-0.4, -0.2) is 16.4 Å². The zero-order chi connectivity index (χ0) is 7.40. The largest absolute Gasteiger partial charge is 0.382 e. The van der Waals surface area contributed by atoms with Crippen molar-refractivity contribution in [3.05, 3.63) is 17.8 Å². The first kappa shape index (κ1) is 6.67. The second-order valence-electron chi connectivity index (χ2n) is 1.86. The van der Waals surface area contributed by atoms with Crippen molar-refractivity contribution < 1.29 is 0 Å². The Labute approximate surface area is 58.6 Å². The molecule has 52 valence electrons. The Balaban J connectivity index is 2.78. The third-order valence-corrected chi connectivity index (χ3v) is 1.05. The van der Waals surface area contributed by atoms with E-state index in [0.717, 1.165) is 5.69 Å². The Kier molecular flexibility index (Phi) is 1.94. The van der Waals surface area contributed by atoms with Gasteiger partial charge in [0.15, 0.2) is 0 Å². The van der Waals surface area contributed by atoms with E-state index in [1.165, 1.54) is 6.21 Å². The van der Waals surface area contributed by atoms with E-state index in [1.54, 1.807) is 12.1 Å². The van der Waals surface area contributed by atoms with Gasteiger partial charge in [0.25, 0.3) is 0 Å². The Morgan fingerprint density at radius 1 is 1.50 bits per heavy atom. The number of hydrogen-bond donors (Lipinski definition) is 2. The third kappa shape index (κ3) is 1.51. The van der Waals surface area contributed by atoms with Crippen LogP contribution in [0.5, 0.6) is 0 Å². The summed E-state index contributed by atoms with van der Waals surface area (Å²) in [4.78, 5) is 0. The molecule has 3 N–H and O–H groups in total. The molecule has 0 saturated heterocycles.